The average molecular weight is 167 g/mol. The second-order valence-corrected chi connectivity index (χ2v) is 3.37. The zero-order valence-corrected chi connectivity index (χ0v) is 7.13. The van der Waals surface area contributed by atoms with Crippen LogP contribution < -0.4 is 10.6 Å². The molecule has 12 heavy (non-hydrogen) atoms. The summed E-state index contributed by atoms with van der Waals surface area (Å²) in [6.45, 7) is 0. The molecule has 2 aliphatic rings. The molecule has 1 heterocycles. The molecule has 1 aliphatic carbocycles. The molecule has 2 fully saturated rings. The molecule has 1 aliphatic heterocycles. The van der Waals surface area contributed by atoms with Crippen molar-refractivity contribution < 1.29 is 4.79 Å². The van der Waals surface area contributed by atoms with Crippen molar-refractivity contribution in [2.75, 3.05) is 7.05 Å². The molecule has 66 valence electrons. The SMILES string of the molecule is CN=C1NC(=O)C(C2CCC2)N1. The number of rotatable bonds is 1. The Kier molecular flexibility index (Phi) is 1.75. The van der Waals surface area contributed by atoms with Gasteiger partial charge in [-0.15, -0.1) is 0 Å². The molecular weight excluding hydrogens is 154 g/mol. The van der Waals surface area contributed by atoms with Crippen molar-refractivity contribution in [2.24, 2.45) is 10.9 Å². The van der Waals surface area contributed by atoms with Crippen molar-refractivity contribution >= 4 is 11.9 Å². The van der Waals surface area contributed by atoms with Crippen molar-refractivity contribution in [1.29, 1.82) is 0 Å². The maximum absolute atomic E-state index is 11.3. The second-order valence-electron chi connectivity index (χ2n) is 3.37. The van der Waals surface area contributed by atoms with E-state index in [2.05, 4.69) is 15.6 Å². The smallest absolute Gasteiger partial charge is 0.249 e. The minimum absolute atomic E-state index is 0.0163. The van der Waals surface area contributed by atoms with Gasteiger partial charge in [-0.25, -0.2) is 0 Å². The van der Waals surface area contributed by atoms with Crippen LogP contribution in [0.3, 0.4) is 0 Å². The van der Waals surface area contributed by atoms with Gasteiger partial charge in [-0.1, -0.05) is 6.42 Å². The van der Waals surface area contributed by atoms with Crippen molar-refractivity contribution in [3.8, 4) is 0 Å². The van der Waals surface area contributed by atoms with E-state index in [4.69, 9.17) is 0 Å². The van der Waals surface area contributed by atoms with Gasteiger partial charge in [0.1, 0.15) is 6.04 Å². The summed E-state index contributed by atoms with van der Waals surface area (Å²) < 4.78 is 0. The molecule has 1 saturated carbocycles. The number of hydrogen-bond donors (Lipinski definition) is 2. The van der Waals surface area contributed by atoms with Gasteiger partial charge in [-0.05, 0) is 18.8 Å². The van der Waals surface area contributed by atoms with E-state index in [0.29, 0.717) is 11.9 Å². The van der Waals surface area contributed by atoms with Crippen LogP contribution in [0.2, 0.25) is 0 Å². The van der Waals surface area contributed by atoms with Crippen LogP contribution in [0.5, 0.6) is 0 Å². The van der Waals surface area contributed by atoms with Gasteiger partial charge in [0.05, 0.1) is 0 Å². The second kappa shape index (κ2) is 2.77. The van der Waals surface area contributed by atoms with Gasteiger partial charge in [0, 0.05) is 7.05 Å². The molecule has 1 saturated heterocycles. The first kappa shape index (κ1) is 7.58. The molecule has 1 unspecified atom stereocenters. The molecule has 2 N–H and O–H groups in total. The number of aliphatic imine (C=N–C) groups is 1. The van der Waals surface area contributed by atoms with Crippen LogP contribution in [-0.4, -0.2) is 25.0 Å². The topological polar surface area (TPSA) is 53.5 Å². The van der Waals surface area contributed by atoms with Crippen LogP contribution >= 0.6 is 0 Å². The van der Waals surface area contributed by atoms with E-state index in [9.17, 15) is 4.79 Å². The standard InChI is InChI=1S/C8H13N3O/c1-9-8-10-6(7(12)11-8)5-3-2-4-5/h5-6H,2-4H2,1H3,(H2,9,10,11,12). The molecule has 0 bridgehead atoms. The van der Waals surface area contributed by atoms with Gasteiger partial charge in [0.15, 0.2) is 5.96 Å². The number of carbonyl (C=O) groups is 1. The lowest BCUT2D eigenvalue weighted by atomic mass is 9.80. The van der Waals surface area contributed by atoms with E-state index in [0.717, 1.165) is 0 Å². The summed E-state index contributed by atoms with van der Waals surface area (Å²) in [5.41, 5.74) is 0. The molecular formula is C8H13N3O. The van der Waals surface area contributed by atoms with Gasteiger partial charge in [0.25, 0.3) is 0 Å². The van der Waals surface area contributed by atoms with Crippen molar-refractivity contribution in [3.05, 3.63) is 0 Å². The van der Waals surface area contributed by atoms with Crippen LogP contribution in [0.1, 0.15) is 19.3 Å². The lowest BCUT2D eigenvalue weighted by molar-refractivity contribution is -0.121. The maximum Gasteiger partial charge on any atom is 0.249 e. The van der Waals surface area contributed by atoms with Crippen molar-refractivity contribution in [3.63, 3.8) is 0 Å². The maximum atomic E-state index is 11.3. The lowest BCUT2D eigenvalue weighted by Gasteiger charge is -2.29. The van der Waals surface area contributed by atoms with E-state index in [1.165, 1.54) is 19.3 Å². The predicted octanol–water partition coefficient (Wildman–Crippen LogP) is -0.140. The normalized spacial score (nSPS) is 32.9. The van der Waals surface area contributed by atoms with E-state index < -0.39 is 0 Å². The Morgan fingerprint density at radius 3 is 2.67 bits per heavy atom. The summed E-state index contributed by atoms with van der Waals surface area (Å²) in [6, 6.07) is -0.0163. The monoisotopic (exact) mass is 167 g/mol. The van der Waals surface area contributed by atoms with Crippen LogP contribution in [0.15, 0.2) is 4.99 Å². The van der Waals surface area contributed by atoms with Crippen LogP contribution in [0, 0.1) is 5.92 Å². The van der Waals surface area contributed by atoms with Gasteiger partial charge < -0.3 is 5.32 Å². The predicted molar refractivity (Wildman–Crippen MR) is 45.8 cm³/mol. The van der Waals surface area contributed by atoms with Gasteiger partial charge in [0.2, 0.25) is 5.91 Å². The Bertz CT molecular complexity index is 232. The number of hydrogen-bond acceptors (Lipinski definition) is 2. The first-order valence-electron chi connectivity index (χ1n) is 4.35. The zero-order valence-electron chi connectivity index (χ0n) is 7.13. The molecule has 1 amide bonds. The molecule has 0 radical (unpaired) electrons. The first-order valence-corrected chi connectivity index (χ1v) is 4.35. The zero-order chi connectivity index (χ0) is 8.55. The molecule has 0 aromatic carbocycles. The van der Waals surface area contributed by atoms with Gasteiger partial charge >= 0.3 is 0 Å². The highest BCUT2D eigenvalue weighted by molar-refractivity contribution is 6.06. The Balaban J connectivity index is 2.03. The van der Waals surface area contributed by atoms with Crippen LogP contribution in [0.4, 0.5) is 0 Å². The minimum atomic E-state index is -0.0163. The summed E-state index contributed by atoms with van der Waals surface area (Å²) in [5.74, 6) is 1.24. The quantitative estimate of drug-likeness (QED) is 0.571. The molecule has 4 heteroatoms. The van der Waals surface area contributed by atoms with Crippen LogP contribution in [0.25, 0.3) is 0 Å². The molecule has 4 nitrogen and oxygen atoms in total. The highest BCUT2D eigenvalue weighted by Gasteiger charge is 2.37. The highest BCUT2D eigenvalue weighted by atomic mass is 16.2. The number of amides is 1. The molecule has 0 spiro atoms. The van der Waals surface area contributed by atoms with E-state index in [1.54, 1.807) is 7.05 Å². The fourth-order valence-electron chi connectivity index (χ4n) is 1.67. The van der Waals surface area contributed by atoms with Crippen LogP contribution in [-0.2, 0) is 4.79 Å². The van der Waals surface area contributed by atoms with Gasteiger partial charge in [-0.2, -0.15) is 0 Å². The summed E-state index contributed by atoms with van der Waals surface area (Å²) in [7, 11) is 1.67. The molecule has 0 aromatic heterocycles. The van der Waals surface area contributed by atoms with Crippen molar-refractivity contribution in [1.82, 2.24) is 10.6 Å². The number of nitrogens with zero attached hydrogens (tertiary/aromatic N) is 1. The Hall–Kier alpha value is -1.06. The third-order valence-corrected chi connectivity index (χ3v) is 2.66. The van der Waals surface area contributed by atoms with E-state index in [1.807, 2.05) is 0 Å². The lowest BCUT2D eigenvalue weighted by Crippen LogP contribution is -2.40. The molecule has 1 atom stereocenters. The third kappa shape index (κ3) is 1.07. The summed E-state index contributed by atoms with van der Waals surface area (Å²) >= 11 is 0. The largest absolute Gasteiger partial charge is 0.344 e. The van der Waals surface area contributed by atoms with Crippen molar-refractivity contribution in [2.45, 2.75) is 25.3 Å². The Labute approximate surface area is 71.4 Å². The van der Waals surface area contributed by atoms with E-state index in [-0.39, 0.29) is 11.9 Å². The minimum Gasteiger partial charge on any atom is -0.344 e. The number of nitrogens with one attached hydrogen (secondary N) is 2. The fraction of sp³-hybridized carbons (Fsp3) is 0.750. The molecule has 2 rings (SSSR count). The third-order valence-electron chi connectivity index (χ3n) is 2.66. The number of guanidine groups is 1. The highest BCUT2D eigenvalue weighted by Crippen LogP contribution is 2.30. The summed E-state index contributed by atoms with van der Waals surface area (Å²) in [4.78, 5) is 15.2. The van der Waals surface area contributed by atoms with E-state index >= 15 is 0 Å². The summed E-state index contributed by atoms with van der Waals surface area (Å²) in [6.07, 6.45) is 3.60. The number of carbonyl (C=O) groups excluding carboxylic acids is 1. The average Bonchev–Trinajstić information content (AvgIpc) is 2.29. The first-order chi connectivity index (χ1) is 5.81. The summed E-state index contributed by atoms with van der Waals surface area (Å²) in [5, 5.41) is 5.78. The van der Waals surface area contributed by atoms with Gasteiger partial charge in [-0.3, -0.25) is 15.1 Å². The Morgan fingerprint density at radius 2 is 2.25 bits per heavy atom. The fourth-order valence-corrected chi connectivity index (χ4v) is 1.67. The molecule has 0 aromatic rings. The Morgan fingerprint density at radius 1 is 1.50 bits per heavy atom.